The van der Waals surface area contributed by atoms with Crippen LogP contribution >= 0.6 is 0 Å². The molecule has 3 nitrogen and oxygen atoms in total. The monoisotopic (exact) mass is 285 g/mol. The van der Waals surface area contributed by atoms with E-state index in [9.17, 15) is 9.90 Å². The highest BCUT2D eigenvalue weighted by molar-refractivity contribution is 5.63. The zero-order valence-corrected chi connectivity index (χ0v) is 13.0. The molecule has 0 saturated carbocycles. The van der Waals surface area contributed by atoms with Crippen LogP contribution in [0.15, 0.2) is 60.7 Å². The number of benzene rings is 2. The first-order valence-corrected chi connectivity index (χ1v) is 7.08. The van der Waals surface area contributed by atoms with Crippen molar-refractivity contribution >= 4 is 11.7 Å². The van der Waals surface area contributed by atoms with Crippen LogP contribution in [0.5, 0.6) is 0 Å². The average molecular weight is 285 g/mol. The van der Waals surface area contributed by atoms with Gasteiger partial charge < -0.3 is 9.90 Å². The van der Waals surface area contributed by atoms with E-state index >= 15 is 0 Å². The molecule has 0 heterocycles. The number of carboxylic acid groups (broad SMARTS) is 1. The smallest absolute Gasteiger partial charge is 0.132 e. The van der Waals surface area contributed by atoms with Crippen molar-refractivity contribution in [3.8, 4) is 0 Å². The second-order valence-electron chi connectivity index (χ2n) is 5.39. The lowest BCUT2D eigenvalue weighted by Gasteiger charge is -2.29. The van der Waals surface area contributed by atoms with Gasteiger partial charge in [-0.3, -0.25) is 4.48 Å². The molecule has 0 aromatic heterocycles. The second-order valence-corrected chi connectivity index (χ2v) is 5.39. The molecule has 0 bridgehead atoms. The summed E-state index contributed by atoms with van der Waals surface area (Å²) in [5, 5.41) is 9.26. The highest BCUT2D eigenvalue weighted by atomic mass is 16.4. The first kappa shape index (κ1) is 16.9. The molecule has 2 rings (SSSR count). The van der Waals surface area contributed by atoms with Crippen LogP contribution in [0.25, 0.3) is 0 Å². The van der Waals surface area contributed by atoms with Gasteiger partial charge in [0.05, 0.1) is 14.1 Å². The number of hydrogen-bond acceptors (Lipinski definition) is 2. The third-order valence-electron chi connectivity index (χ3n) is 3.16. The number of nitrogens with zero attached hydrogens (tertiary/aromatic N) is 1. The summed E-state index contributed by atoms with van der Waals surface area (Å²) < 4.78 is 0.880. The lowest BCUT2D eigenvalue weighted by molar-refractivity contribution is -0.305. The van der Waals surface area contributed by atoms with E-state index in [1.54, 1.807) is 0 Å². The molecular weight excluding hydrogens is 262 g/mol. The SMILES string of the molecule is CCC(=O)[O-].C[N+](C)(Cc1ccccc1)c1ccccc1. The zero-order chi connectivity index (χ0) is 15.7. The maximum absolute atomic E-state index is 9.26. The second kappa shape index (κ2) is 8.22. The molecule has 0 aliphatic carbocycles. The Balaban J connectivity index is 0.000000383. The largest absolute Gasteiger partial charge is 0.550 e. The standard InChI is InChI=1S/C15H18N.C3H6O2/c1-16(2,15-11-7-4-8-12-15)13-14-9-5-3-6-10-14;1-2-3(4)5/h3-12H,13H2,1-2H3;2H2,1H3,(H,4,5)/q+1;/p-1. The van der Waals surface area contributed by atoms with Gasteiger partial charge in [-0.1, -0.05) is 55.5 Å². The van der Waals surface area contributed by atoms with Gasteiger partial charge in [-0.2, -0.15) is 0 Å². The van der Waals surface area contributed by atoms with Crippen LogP contribution < -0.4 is 9.59 Å². The van der Waals surface area contributed by atoms with E-state index in [0.29, 0.717) is 0 Å². The van der Waals surface area contributed by atoms with Gasteiger partial charge in [-0.25, -0.2) is 0 Å². The van der Waals surface area contributed by atoms with Gasteiger partial charge in [-0.05, 0) is 18.6 Å². The molecule has 0 fully saturated rings. The van der Waals surface area contributed by atoms with E-state index in [-0.39, 0.29) is 6.42 Å². The van der Waals surface area contributed by atoms with Crippen molar-refractivity contribution in [1.29, 1.82) is 0 Å². The van der Waals surface area contributed by atoms with Crippen LogP contribution in [-0.4, -0.2) is 20.1 Å². The Morgan fingerprint density at radius 3 is 1.81 bits per heavy atom. The number of carbonyl (C=O) groups excluding carboxylic acids is 1. The van der Waals surface area contributed by atoms with Gasteiger partial charge in [-0.15, -0.1) is 0 Å². The van der Waals surface area contributed by atoms with Crippen LogP contribution in [0, 0.1) is 0 Å². The number of rotatable bonds is 4. The Kier molecular flexibility index (Phi) is 6.63. The van der Waals surface area contributed by atoms with Gasteiger partial charge in [0.2, 0.25) is 0 Å². The molecule has 2 aromatic carbocycles. The van der Waals surface area contributed by atoms with E-state index in [2.05, 4.69) is 74.8 Å². The quantitative estimate of drug-likeness (QED) is 0.810. The molecule has 0 radical (unpaired) electrons. The summed E-state index contributed by atoms with van der Waals surface area (Å²) in [5.74, 6) is -0.995. The highest BCUT2D eigenvalue weighted by Crippen LogP contribution is 2.21. The minimum atomic E-state index is -0.995. The fourth-order valence-corrected chi connectivity index (χ4v) is 1.96. The Morgan fingerprint density at radius 1 is 0.952 bits per heavy atom. The Bertz CT molecular complexity index is 536. The van der Waals surface area contributed by atoms with E-state index < -0.39 is 5.97 Å². The third-order valence-corrected chi connectivity index (χ3v) is 3.16. The maximum atomic E-state index is 9.26. The minimum Gasteiger partial charge on any atom is -0.550 e. The first-order valence-electron chi connectivity index (χ1n) is 7.08. The summed E-state index contributed by atoms with van der Waals surface area (Å²) in [5.41, 5.74) is 2.71. The predicted molar refractivity (Wildman–Crippen MR) is 85.5 cm³/mol. The lowest BCUT2D eigenvalue weighted by Crippen LogP contribution is -2.39. The van der Waals surface area contributed by atoms with Crippen molar-refractivity contribution in [2.24, 2.45) is 0 Å². The van der Waals surface area contributed by atoms with E-state index in [1.165, 1.54) is 18.2 Å². The molecule has 2 aromatic rings. The zero-order valence-electron chi connectivity index (χ0n) is 13.0. The van der Waals surface area contributed by atoms with E-state index in [0.717, 1.165) is 11.0 Å². The predicted octanol–water partition coefficient (Wildman–Crippen LogP) is 2.60. The van der Waals surface area contributed by atoms with E-state index in [4.69, 9.17) is 0 Å². The number of carboxylic acids is 1. The summed E-state index contributed by atoms with van der Waals surface area (Å²) in [6, 6.07) is 21.2. The molecular formula is C18H23NO2. The number of carbonyl (C=O) groups is 1. The fraction of sp³-hybridized carbons (Fsp3) is 0.278. The number of para-hydroxylation sites is 1. The highest BCUT2D eigenvalue weighted by Gasteiger charge is 2.18. The molecule has 0 aliphatic rings. The molecule has 0 atom stereocenters. The van der Waals surface area contributed by atoms with Gasteiger partial charge in [0, 0.05) is 11.5 Å². The molecule has 0 saturated heterocycles. The van der Waals surface area contributed by atoms with Gasteiger partial charge in [0.1, 0.15) is 12.2 Å². The Hall–Kier alpha value is -2.13. The van der Waals surface area contributed by atoms with Crippen molar-refractivity contribution < 1.29 is 9.90 Å². The lowest BCUT2D eigenvalue weighted by atomic mass is 10.2. The summed E-state index contributed by atoms with van der Waals surface area (Å²) in [6.45, 7) is 2.56. The molecule has 3 heteroatoms. The number of quaternary nitrogens is 1. The molecule has 21 heavy (non-hydrogen) atoms. The molecule has 0 N–H and O–H groups in total. The topological polar surface area (TPSA) is 40.1 Å². The van der Waals surface area contributed by atoms with Gasteiger partial charge >= 0.3 is 0 Å². The van der Waals surface area contributed by atoms with Gasteiger partial charge in [0.15, 0.2) is 0 Å². The fourth-order valence-electron chi connectivity index (χ4n) is 1.96. The van der Waals surface area contributed by atoms with Crippen molar-refractivity contribution in [3.63, 3.8) is 0 Å². The molecule has 112 valence electrons. The van der Waals surface area contributed by atoms with Crippen LogP contribution in [0.4, 0.5) is 5.69 Å². The molecule has 0 spiro atoms. The van der Waals surface area contributed by atoms with Crippen molar-refractivity contribution in [2.75, 3.05) is 14.1 Å². The molecule has 0 unspecified atom stereocenters. The summed E-state index contributed by atoms with van der Waals surface area (Å²) in [7, 11) is 4.48. The summed E-state index contributed by atoms with van der Waals surface area (Å²) in [4.78, 5) is 9.26. The normalized spacial score (nSPS) is 10.4. The minimum absolute atomic E-state index is 0.111. The number of aliphatic carboxylic acids is 1. The van der Waals surface area contributed by atoms with Crippen LogP contribution in [0.1, 0.15) is 18.9 Å². The third kappa shape index (κ3) is 6.23. The van der Waals surface area contributed by atoms with Crippen LogP contribution in [0.2, 0.25) is 0 Å². The average Bonchev–Trinajstić information content (AvgIpc) is 2.49. The molecule has 0 aliphatic heterocycles. The summed E-state index contributed by atoms with van der Waals surface area (Å²) in [6.07, 6.45) is 0.111. The van der Waals surface area contributed by atoms with Crippen molar-refractivity contribution in [2.45, 2.75) is 19.9 Å². The Labute approximate surface area is 127 Å². The van der Waals surface area contributed by atoms with Crippen LogP contribution in [-0.2, 0) is 11.3 Å². The van der Waals surface area contributed by atoms with E-state index in [1.807, 2.05) is 0 Å². The Morgan fingerprint density at radius 2 is 1.38 bits per heavy atom. The van der Waals surface area contributed by atoms with Gasteiger partial charge in [0.25, 0.3) is 0 Å². The molecule has 0 amide bonds. The van der Waals surface area contributed by atoms with Crippen LogP contribution in [0.3, 0.4) is 0 Å². The summed E-state index contributed by atoms with van der Waals surface area (Å²) >= 11 is 0. The van der Waals surface area contributed by atoms with Crippen molar-refractivity contribution in [1.82, 2.24) is 4.48 Å². The maximum Gasteiger partial charge on any atom is 0.132 e. The number of hydrogen-bond donors (Lipinski definition) is 0. The van der Waals surface area contributed by atoms with Crippen molar-refractivity contribution in [3.05, 3.63) is 66.2 Å². The first-order chi connectivity index (χ1) is 9.95.